The fourth-order valence-corrected chi connectivity index (χ4v) is 3.30. The third kappa shape index (κ3) is 3.04. The van der Waals surface area contributed by atoms with Crippen molar-refractivity contribution in [3.8, 4) is 0 Å². The molecule has 0 amide bonds. The van der Waals surface area contributed by atoms with Gasteiger partial charge in [0.05, 0.1) is 0 Å². The molecule has 1 aromatic carbocycles. The minimum atomic E-state index is 0.470. The van der Waals surface area contributed by atoms with E-state index in [1.54, 1.807) is 0 Å². The van der Waals surface area contributed by atoms with Gasteiger partial charge in [-0.1, -0.05) is 61.5 Å². The number of anilines is 1. The molecule has 106 valence electrons. The number of hydrogen-bond donors (Lipinski definition) is 1. The summed E-state index contributed by atoms with van der Waals surface area (Å²) in [5.41, 5.74) is 0. The number of nitrogens with zero attached hydrogens (tertiary/aromatic N) is 2. The Morgan fingerprint density at radius 2 is 1.85 bits per heavy atom. The molecule has 1 fully saturated rings. The zero-order valence-corrected chi connectivity index (χ0v) is 12.4. The van der Waals surface area contributed by atoms with E-state index < -0.39 is 0 Å². The summed E-state index contributed by atoms with van der Waals surface area (Å²) in [6.45, 7) is 0.955. The van der Waals surface area contributed by atoms with Crippen molar-refractivity contribution in [2.75, 3.05) is 11.9 Å². The number of aromatic nitrogens is 2. The average molecular weight is 290 g/mol. The van der Waals surface area contributed by atoms with Gasteiger partial charge in [-0.15, -0.1) is 10.2 Å². The summed E-state index contributed by atoms with van der Waals surface area (Å²) in [5, 5.41) is 14.1. The first-order chi connectivity index (χ1) is 9.84. The maximum atomic E-state index is 6.08. The Hall–Kier alpha value is -1.35. The largest absolute Gasteiger partial charge is 0.368 e. The van der Waals surface area contributed by atoms with Gasteiger partial charge >= 0.3 is 0 Å². The lowest BCUT2D eigenvalue weighted by molar-refractivity contribution is 0.491. The summed E-state index contributed by atoms with van der Waals surface area (Å²) in [6, 6.07) is 8.00. The molecule has 1 aliphatic carbocycles. The fraction of sp³-hybridized carbons (Fsp3) is 0.500. The third-order valence-electron chi connectivity index (χ3n) is 4.20. The van der Waals surface area contributed by atoms with E-state index in [0.717, 1.165) is 29.1 Å². The van der Waals surface area contributed by atoms with Gasteiger partial charge < -0.3 is 5.32 Å². The van der Waals surface area contributed by atoms with Crippen LogP contribution in [0.2, 0.25) is 5.15 Å². The van der Waals surface area contributed by atoms with Crippen LogP contribution < -0.4 is 5.32 Å². The average Bonchev–Trinajstić information content (AvgIpc) is 2.99. The van der Waals surface area contributed by atoms with Crippen LogP contribution >= 0.6 is 11.6 Å². The minimum absolute atomic E-state index is 0.470. The maximum absolute atomic E-state index is 6.08. The Labute approximate surface area is 124 Å². The van der Waals surface area contributed by atoms with Gasteiger partial charge in [0, 0.05) is 17.3 Å². The van der Waals surface area contributed by atoms with Gasteiger partial charge in [-0.25, -0.2) is 0 Å². The molecule has 1 heterocycles. The number of nitrogens with one attached hydrogen (secondary N) is 1. The molecule has 2 aromatic rings. The van der Waals surface area contributed by atoms with Gasteiger partial charge in [0.15, 0.2) is 11.0 Å². The molecule has 4 heteroatoms. The van der Waals surface area contributed by atoms with Gasteiger partial charge in [-0.2, -0.15) is 0 Å². The predicted octanol–water partition coefficient (Wildman–Crippen LogP) is 4.67. The van der Waals surface area contributed by atoms with E-state index >= 15 is 0 Å². The standard InChI is InChI=1S/C16H20ClN3/c17-15-13-9-3-4-10-14(13)16(20-19-15)18-11-5-8-12-6-1-2-7-12/h3-4,9-10,12H,1-2,5-8,11H2,(H,18,20). The van der Waals surface area contributed by atoms with Crippen molar-refractivity contribution in [2.45, 2.75) is 38.5 Å². The molecule has 1 N–H and O–H groups in total. The minimum Gasteiger partial charge on any atom is -0.368 e. The highest BCUT2D eigenvalue weighted by atomic mass is 35.5. The summed E-state index contributed by atoms with van der Waals surface area (Å²) in [5.74, 6) is 1.79. The van der Waals surface area contributed by atoms with Crippen LogP contribution in [0.4, 0.5) is 5.82 Å². The smallest absolute Gasteiger partial charge is 0.159 e. The molecule has 0 bridgehead atoms. The fourth-order valence-electron chi connectivity index (χ4n) is 3.10. The van der Waals surface area contributed by atoms with Gasteiger partial charge in [-0.05, 0) is 18.8 Å². The molecular formula is C16H20ClN3. The number of halogens is 1. The highest BCUT2D eigenvalue weighted by molar-refractivity contribution is 6.34. The van der Waals surface area contributed by atoms with E-state index in [1.165, 1.54) is 38.5 Å². The van der Waals surface area contributed by atoms with Gasteiger partial charge in [0.25, 0.3) is 0 Å². The Kier molecular flexibility index (Phi) is 4.36. The van der Waals surface area contributed by atoms with Crippen LogP contribution in [-0.2, 0) is 0 Å². The first-order valence-electron chi connectivity index (χ1n) is 7.49. The topological polar surface area (TPSA) is 37.8 Å². The lowest BCUT2D eigenvalue weighted by Crippen LogP contribution is -2.07. The molecule has 0 saturated heterocycles. The molecular weight excluding hydrogens is 270 g/mol. The van der Waals surface area contributed by atoms with E-state index in [2.05, 4.69) is 15.5 Å². The molecule has 0 atom stereocenters. The van der Waals surface area contributed by atoms with Crippen LogP contribution in [0.25, 0.3) is 10.8 Å². The lowest BCUT2D eigenvalue weighted by Gasteiger charge is -2.11. The van der Waals surface area contributed by atoms with E-state index in [4.69, 9.17) is 11.6 Å². The SMILES string of the molecule is Clc1nnc(NCCCC2CCCC2)c2ccccc12. The van der Waals surface area contributed by atoms with Crippen LogP contribution in [0.1, 0.15) is 38.5 Å². The molecule has 20 heavy (non-hydrogen) atoms. The third-order valence-corrected chi connectivity index (χ3v) is 4.48. The Morgan fingerprint density at radius 1 is 1.10 bits per heavy atom. The Bertz CT molecular complexity index is 579. The molecule has 0 radical (unpaired) electrons. The summed E-state index contributed by atoms with van der Waals surface area (Å²) in [4.78, 5) is 0. The predicted molar refractivity (Wildman–Crippen MR) is 84.2 cm³/mol. The lowest BCUT2D eigenvalue weighted by atomic mass is 10.0. The first kappa shape index (κ1) is 13.6. The highest BCUT2D eigenvalue weighted by Crippen LogP contribution is 2.29. The van der Waals surface area contributed by atoms with E-state index in [-0.39, 0.29) is 0 Å². The van der Waals surface area contributed by atoms with E-state index in [0.29, 0.717) is 5.15 Å². The first-order valence-corrected chi connectivity index (χ1v) is 7.87. The van der Waals surface area contributed by atoms with Crippen LogP contribution in [0.15, 0.2) is 24.3 Å². The molecule has 0 unspecified atom stereocenters. The quantitative estimate of drug-likeness (QED) is 0.813. The molecule has 0 aliphatic heterocycles. The normalized spacial score (nSPS) is 15.8. The number of fused-ring (bicyclic) bond motifs is 1. The Morgan fingerprint density at radius 3 is 2.65 bits per heavy atom. The van der Waals surface area contributed by atoms with Crippen LogP contribution in [0.3, 0.4) is 0 Å². The zero-order chi connectivity index (χ0) is 13.8. The van der Waals surface area contributed by atoms with Gasteiger partial charge in [-0.3, -0.25) is 0 Å². The summed E-state index contributed by atoms with van der Waals surface area (Å²) >= 11 is 6.08. The second kappa shape index (κ2) is 6.40. The molecule has 3 rings (SSSR count). The second-order valence-electron chi connectivity index (χ2n) is 5.60. The van der Waals surface area contributed by atoms with Crippen LogP contribution in [-0.4, -0.2) is 16.7 Å². The highest BCUT2D eigenvalue weighted by Gasteiger charge is 2.14. The van der Waals surface area contributed by atoms with Crippen molar-refractivity contribution >= 4 is 28.2 Å². The summed E-state index contributed by atoms with van der Waals surface area (Å²) in [6.07, 6.45) is 8.21. The molecule has 3 nitrogen and oxygen atoms in total. The van der Waals surface area contributed by atoms with Gasteiger partial charge in [0.1, 0.15) is 0 Å². The van der Waals surface area contributed by atoms with Crippen molar-refractivity contribution in [1.29, 1.82) is 0 Å². The summed E-state index contributed by atoms with van der Waals surface area (Å²) < 4.78 is 0. The van der Waals surface area contributed by atoms with E-state index in [9.17, 15) is 0 Å². The van der Waals surface area contributed by atoms with Crippen molar-refractivity contribution in [2.24, 2.45) is 5.92 Å². The van der Waals surface area contributed by atoms with Crippen molar-refractivity contribution in [3.63, 3.8) is 0 Å². The van der Waals surface area contributed by atoms with Crippen LogP contribution in [0.5, 0.6) is 0 Å². The number of hydrogen-bond acceptors (Lipinski definition) is 3. The van der Waals surface area contributed by atoms with E-state index in [1.807, 2.05) is 24.3 Å². The second-order valence-corrected chi connectivity index (χ2v) is 5.96. The monoisotopic (exact) mass is 289 g/mol. The van der Waals surface area contributed by atoms with Crippen molar-refractivity contribution in [3.05, 3.63) is 29.4 Å². The molecule has 1 aromatic heterocycles. The number of benzene rings is 1. The summed E-state index contributed by atoms with van der Waals surface area (Å²) in [7, 11) is 0. The molecule has 1 aliphatic rings. The number of rotatable bonds is 5. The van der Waals surface area contributed by atoms with Gasteiger partial charge in [0.2, 0.25) is 0 Å². The zero-order valence-electron chi connectivity index (χ0n) is 11.6. The van der Waals surface area contributed by atoms with Crippen LogP contribution in [0, 0.1) is 5.92 Å². The van der Waals surface area contributed by atoms with Crippen molar-refractivity contribution < 1.29 is 0 Å². The Balaban J connectivity index is 1.61. The molecule has 1 saturated carbocycles. The van der Waals surface area contributed by atoms with Crippen molar-refractivity contribution in [1.82, 2.24) is 10.2 Å². The maximum Gasteiger partial charge on any atom is 0.159 e. The molecule has 0 spiro atoms.